The van der Waals surface area contributed by atoms with Gasteiger partial charge in [0.25, 0.3) is 5.91 Å². The van der Waals surface area contributed by atoms with Gasteiger partial charge in [0.2, 0.25) is 0 Å². The Balaban J connectivity index is 2.03. The van der Waals surface area contributed by atoms with Gasteiger partial charge in [0, 0.05) is 30.1 Å². The van der Waals surface area contributed by atoms with Crippen molar-refractivity contribution in [3.8, 4) is 11.1 Å². The van der Waals surface area contributed by atoms with E-state index in [0.29, 0.717) is 0 Å². The van der Waals surface area contributed by atoms with Crippen molar-refractivity contribution < 1.29 is 26.7 Å². The van der Waals surface area contributed by atoms with Crippen molar-refractivity contribution >= 4 is 11.6 Å². The molecule has 0 unspecified atom stereocenters. The van der Waals surface area contributed by atoms with E-state index in [2.05, 4.69) is 10.4 Å². The molecular weight excluding hydrogens is 369 g/mol. The average Bonchev–Trinajstić information content (AvgIpc) is 2.99. The molecule has 4 nitrogen and oxygen atoms in total. The molecule has 1 amide bonds. The number of aryl methyl sites for hydroxylation is 1. The molecule has 2 aromatic carbocycles. The number of rotatable bonds is 3. The maximum absolute atomic E-state index is 14.1. The largest absolute Gasteiger partial charge is 0.435 e. The van der Waals surface area contributed by atoms with Crippen LogP contribution in [-0.2, 0) is 13.2 Å². The molecule has 0 bridgehead atoms. The Hall–Kier alpha value is -3.23. The number of anilines is 1. The zero-order valence-corrected chi connectivity index (χ0v) is 13.8. The molecule has 1 heterocycles. The second-order valence-electron chi connectivity index (χ2n) is 5.69. The lowest BCUT2D eigenvalue weighted by molar-refractivity contribution is -0.141. The SMILES string of the molecule is Cn1cc(C(=O)Nc2ccc(F)cc2-c2ccccc2F)c(C(F)(F)F)n1. The highest BCUT2D eigenvalue weighted by molar-refractivity contribution is 6.07. The van der Waals surface area contributed by atoms with Gasteiger partial charge in [0.15, 0.2) is 5.69 Å². The Bertz CT molecular complexity index is 1010. The Morgan fingerprint density at radius 1 is 1.07 bits per heavy atom. The molecule has 9 heteroatoms. The van der Waals surface area contributed by atoms with E-state index in [1.807, 2.05) is 0 Å². The van der Waals surface area contributed by atoms with Gasteiger partial charge in [-0.25, -0.2) is 8.78 Å². The summed E-state index contributed by atoms with van der Waals surface area (Å²) in [6, 6.07) is 8.60. The molecule has 27 heavy (non-hydrogen) atoms. The first-order valence-corrected chi connectivity index (χ1v) is 7.63. The Morgan fingerprint density at radius 2 is 1.78 bits per heavy atom. The van der Waals surface area contributed by atoms with Crippen molar-refractivity contribution in [3.63, 3.8) is 0 Å². The molecule has 0 spiro atoms. The van der Waals surface area contributed by atoms with Gasteiger partial charge in [-0.2, -0.15) is 18.3 Å². The predicted octanol–water partition coefficient (Wildman–Crippen LogP) is 4.64. The highest BCUT2D eigenvalue weighted by atomic mass is 19.4. The Morgan fingerprint density at radius 3 is 2.44 bits per heavy atom. The van der Waals surface area contributed by atoms with Gasteiger partial charge in [-0.15, -0.1) is 0 Å². The second-order valence-corrected chi connectivity index (χ2v) is 5.69. The van der Waals surface area contributed by atoms with Crippen molar-refractivity contribution in [3.05, 3.63) is 71.6 Å². The Kier molecular flexibility index (Phi) is 4.69. The van der Waals surface area contributed by atoms with Crippen LogP contribution in [0.1, 0.15) is 16.1 Å². The minimum absolute atomic E-state index is 0.00102. The minimum Gasteiger partial charge on any atom is -0.321 e. The highest BCUT2D eigenvalue weighted by Gasteiger charge is 2.39. The van der Waals surface area contributed by atoms with Gasteiger partial charge < -0.3 is 5.32 Å². The number of alkyl halides is 3. The lowest BCUT2D eigenvalue weighted by atomic mass is 10.0. The molecule has 0 atom stereocenters. The monoisotopic (exact) mass is 381 g/mol. The number of benzene rings is 2. The maximum atomic E-state index is 14.1. The van der Waals surface area contributed by atoms with Gasteiger partial charge in [-0.1, -0.05) is 18.2 Å². The molecule has 0 fully saturated rings. The molecule has 0 aliphatic carbocycles. The van der Waals surface area contributed by atoms with Crippen LogP contribution >= 0.6 is 0 Å². The molecule has 3 aromatic rings. The van der Waals surface area contributed by atoms with E-state index in [1.54, 1.807) is 0 Å². The van der Waals surface area contributed by atoms with Crippen LogP contribution in [0.15, 0.2) is 48.7 Å². The summed E-state index contributed by atoms with van der Waals surface area (Å²) in [6.45, 7) is 0. The van der Waals surface area contributed by atoms with Crippen molar-refractivity contribution in [2.45, 2.75) is 6.18 Å². The van der Waals surface area contributed by atoms with Crippen LogP contribution in [-0.4, -0.2) is 15.7 Å². The van der Waals surface area contributed by atoms with E-state index in [9.17, 15) is 26.7 Å². The first-order valence-electron chi connectivity index (χ1n) is 7.63. The summed E-state index contributed by atoms with van der Waals surface area (Å²) in [4.78, 5) is 12.4. The Labute approximate surface area is 150 Å². The molecule has 0 saturated carbocycles. The third-order valence-corrected chi connectivity index (χ3v) is 3.74. The van der Waals surface area contributed by atoms with Crippen LogP contribution in [0.5, 0.6) is 0 Å². The highest BCUT2D eigenvalue weighted by Crippen LogP contribution is 2.33. The van der Waals surface area contributed by atoms with Crippen LogP contribution in [0.25, 0.3) is 11.1 Å². The molecule has 0 radical (unpaired) electrons. The zero-order chi connectivity index (χ0) is 19.8. The van der Waals surface area contributed by atoms with Crippen LogP contribution < -0.4 is 5.32 Å². The van der Waals surface area contributed by atoms with Crippen molar-refractivity contribution in [2.75, 3.05) is 5.32 Å². The normalized spacial score (nSPS) is 11.5. The summed E-state index contributed by atoms with van der Waals surface area (Å²) in [5.41, 5.74) is -2.09. The van der Waals surface area contributed by atoms with E-state index in [1.165, 1.54) is 25.2 Å². The van der Waals surface area contributed by atoms with Gasteiger partial charge >= 0.3 is 6.18 Å². The number of halogens is 5. The number of aromatic nitrogens is 2. The predicted molar refractivity (Wildman–Crippen MR) is 88.0 cm³/mol. The number of amides is 1. The lowest BCUT2D eigenvalue weighted by Crippen LogP contribution is -2.18. The number of nitrogens with one attached hydrogen (secondary N) is 1. The van der Waals surface area contributed by atoms with Gasteiger partial charge in [-0.3, -0.25) is 9.48 Å². The molecule has 3 rings (SSSR count). The number of hydrogen-bond donors (Lipinski definition) is 1. The average molecular weight is 381 g/mol. The first-order chi connectivity index (χ1) is 12.7. The topological polar surface area (TPSA) is 46.9 Å². The number of nitrogens with zero attached hydrogens (tertiary/aromatic N) is 2. The number of hydrogen-bond acceptors (Lipinski definition) is 2. The molecule has 0 aliphatic heterocycles. The molecule has 1 N–H and O–H groups in total. The first kappa shape index (κ1) is 18.6. The van der Waals surface area contributed by atoms with E-state index < -0.39 is 35.0 Å². The third kappa shape index (κ3) is 3.81. The fourth-order valence-corrected chi connectivity index (χ4v) is 2.58. The molecule has 0 aliphatic rings. The molecule has 140 valence electrons. The fraction of sp³-hybridized carbons (Fsp3) is 0.111. The van der Waals surface area contributed by atoms with E-state index in [4.69, 9.17) is 0 Å². The van der Waals surface area contributed by atoms with Gasteiger partial charge in [0.1, 0.15) is 11.6 Å². The zero-order valence-electron chi connectivity index (χ0n) is 13.8. The lowest BCUT2D eigenvalue weighted by Gasteiger charge is -2.13. The van der Waals surface area contributed by atoms with Crippen LogP contribution in [0.2, 0.25) is 0 Å². The summed E-state index contributed by atoms with van der Waals surface area (Å²) in [5, 5.41) is 5.54. The van der Waals surface area contributed by atoms with Gasteiger partial charge in [0.05, 0.1) is 5.56 Å². The standard InChI is InChI=1S/C18H12F5N3O/c1-26-9-13(16(25-26)18(21,22)23)17(27)24-15-7-6-10(19)8-12(15)11-4-2-3-5-14(11)20/h2-9H,1H3,(H,24,27). The van der Waals surface area contributed by atoms with Crippen molar-refractivity contribution in [1.82, 2.24) is 9.78 Å². The van der Waals surface area contributed by atoms with E-state index >= 15 is 0 Å². The van der Waals surface area contributed by atoms with Crippen molar-refractivity contribution in [2.24, 2.45) is 7.05 Å². The third-order valence-electron chi connectivity index (χ3n) is 3.74. The maximum Gasteiger partial charge on any atom is 0.435 e. The number of carbonyl (C=O) groups excluding carboxylic acids is 1. The quantitative estimate of drug-likeness (QED) is 0.672. The second kappa shape index (κ2) is 6.82. The van der Waals surface area contributed by atoms with Crippen LogP contribution in [0, 0.1) is 11.6 Å². The van der Waals surface area contributed by atoms with Crippen LogP contribution in [0.4, 0.5) is 27.6 Å². The summed E-state index contributed by atoms with van der Waals surface area (Å²) in [6.07, 6.45) is -3.91. The molecule has 1 aromatic heterocycles. The summed E-state index contributed by atoms with van der Waals surface area (Å²) in [5.74, 6) is -2.46. The smallest absolute Gasteiger partial charge is 0.321 e. The van der Waals surface area contributed by atoms with E-state index in [-0.39, 0.29) is 16.8 Å². The van der Waals surface area contributed by atoms with Crippen molar-refractivity contribution in [1.29, 1.82) is 0 Å². The van der Waals surface area contributed by atoms with Crippen LogP contribution in [0.3, 0.4) is 0 Å². The fourth-order valence-electron chi connectivity index (χ4n) is 2.58. The van der Waals surface area contributed by atoms with E-state index in [0.717, 1.165) is 35.1 Å². The summed E-state index contributed by atoms with van der Waals surface area (Å²) in [7, 11) is 1.24. The molecular formula is C18H12F5N3O. The number of carbonyl (C=O) groups is 1. The summed E-state index contributed by atoms with van der Waals surface area (Å²) >= 11 is 0. The molecule has 0 saturated heterocycles. The summed E-state index contributed by atoms with van der Waals surface area (Å²) < 4.78 is 67.8. The minimum atomic E-state index is -4.83. The van der Waals surface area contributed by atoms with Gasteiger partial charge in [-0.05, 0) is 24.3 Å².